The van der Waals surface area contributed by atoms with Gasteiger partial charge >= 0.3 is 0 Å². The van der Waals surface area contributed by atoms with Crippen LogP contribution in [0.4, 0.5) is 16.1 Å². The van der Waals surface area contributed by atoms with Crippen molar-refractivity contribution < 1.29 is 17.2 Å². The first kappa shape index (κ1) is 17.5. The standard InChI is InChI=1S/C20H20FN3O3S/c21-15-7-8-19-17(12-15)22-20(27-19)23-10-3-5-16(13-23)28(25,26)24-11-9-14-4-1-2-6-18(14)24/h1-2,4,6-8,12,16H,3,5,9-11,13H2. The SMILES string of the molecule is O=S(=O)(C1CCCN(c2nc3cc(F)ccc3o2)C1)N1CCc2ccccc21. The van der Waals surface area contributed by atoms with Crippen molar-refractivity contribution in [2.24, 2.45) is 0 Å². The Labute approximate surface area is 162 Å². The third-order valence-electron chi connectivity index (χ3n) is 5.56. The van der Waals surface area contributed by atoms with Crippen molar-refractivity contribution in [3.8, 4) is 0 Å². The smallest absolute Gasteiger partial charge is 0.298 e. The van der Waals surface area contributed by atoms with E-state index in [4.69, 9.17) is 4.42 Å². The number of piperidine rings is 1. The van der Waals surface area contributed by atoms with Gasteiger partial charge in [-0.1, -0.05) is 18.2 Å². The molecular weight excluding hydrogens is 381 g/mol. The Kier molecular flexibility index (Phi) is 4.04. The van der Waals surface area contributed by atoms with Crippen LogP contribution in [-0.4, -0.2) is 38.3 Å². The minimum atomic E-state index is -3.49. The summed E-state index contributed by atoms with van der Waals surface area (Å²) >= 11 is 0. The quantitative estimate of drug-likeness (QED) is 0.674. The van der Waals surface area contributed by atoms with Gasteiger partial charge in [0.1, 0.15) is 11.3 Å². The number of anilines is 2. The van der Waals surface area contributed by atoms with Crippen LogP contribution in [0.25, 0.3) is 11.1 Å². The molecular formula is C20H20FN3O3S. The van der Waals surface area contributed by atoms with E-state index in [-0.39, 0.29) is 5.82 Å². The van der Waals surface area contributed by atoms with Crippen LogP contribution in [0.2, 0.25) is 0 Å². The third kappa shape index (κ3) is 2.83. The lowest BCUT2D eigenvalue weighted by Crippen LogP contribution is -2.47. The summed E-state index contributed by atoms with van der Waals surface area (Å²) in [6.07, 6.45) is 2.07. The van der Waals surface area contributed by atoms with Crippen LogP contribution in [-0.2, 0) is 16.4 Å². The summed E-state index contributed by atoms with van der Waals surface area (Å²) in [5.74, 6) is -0.376. The molecule has 0 aliphatic carbocycles. The number of benzene rings is 2. The van der Waals surface area contributed by atoms with Crippen LogP contribution in [0.3, 0.4) is 0 Å². The molecule has 1 aromatic heterocycles. The zero-order valence-electron chi connectivity index (χ0n) is 15.2. The molecule has 5 rings (SSSR count). The van der Waals surface area contributed by atoms with E-state index in [1.54, 1.807) is 10.4 Å². The summed E-state index contributed by atoms with van der Waals surface area (Å²) in [4.78, 5) is 6.21. The molecule has 0 radical (unpaired) electrons. The average molecular weight is 401 g/mol. The molecule has 0 saturated carbocycles. The van der Waals surface area contributed by atoms with Gasteiger partial charge in [-0.15, -0.1) is 0 Å². The summed E-state index contributed by atoms with van der Waals surface area (Å²) in [5, 5.41) is -0.529. The molecule has 2 aliphatic rings. The molecule has 1 unspecified atom stereocenters. The molecule has 146 valence electrons. The summed E-state index contributed by atoms with van der Waals surface area (Å²) < 4.78 is 47.4. The Morgan fingerprint density at radius 3 is 2.89 bits per heavy atom. The predicted octanol–water partition coefficient (Wildman–Crippen LogP) is 3.33. The first-order chi connectivity index (χ1) is 13.5. The van der Waals surface area contributed by atoms with Crippen molar-refractivity contribution in [1.82, 2.24) is 4.98 Å². The Morgan fingerprint density at radius 1 is 1.14 bits per heavy atom. The number of nitrogens with zero attached hydrogens (tertiary/aromatic N) is 3. The highest BCUT2D eigenvalue weighted by Crippen LogP contribution is 2.34. The van der Waals surface area contributed by atoms with Gasteiger partial charge in [0.05, 0.1) is 10.9 Å². The van der Waals surface area contributed by atoms with Crippen LogP contribution in [0, 0.1) is 5.82 Å². The van der Waals surface area contributed by atoms with Gasteiger partial charge in [0.25, 0.3) is 6.01 Å². The lowest BCUT2D eigenvalue weighted by Gasteiger charge is -2.34. The van der Waals surface area contributed by atoms with Crippen LogP contribution in [0.5, 0.6) is 0 Å². The van der Waals surface area contributed by atoms with Crippen molar-refractivity contribution in [3.63, 3.8) is 0 Å². The van der Waals surface area contributed by atoms with Crippen molar-refractivity contribution in [2.75, 3.05) is 28.8 Å². The fourth-order valence-electron chi connectivity index (χ4n) is 4.13. The normalized spacial score (nSPS) is 20.0. The highest BCUT2D eigenvalue weighted by atomic mass is 32.2. The molecule has 0 N–H and O–H groups in total. The second kappa shape index (κ2) is 6.48. The third-order valence-corrected chi connectivity index (χ3v) is 7.78. The monoisotopic (exact) mass is 401 g/mol. The fraction of sp³-hybridized carbons (Fsp3) is 0.350. The number of rotatable bonds is 3. The number of fused-ring (bicyclic) bond motifs is 2. The van der Waals surface area contributed by atoms with Crippen LogP contribution in [0.15, 0.2) is 46.9 Å². The summed E-state index contributed by atoms with van der Waals surface area (Å²) in [6, 6.07) is 12.2. The molecule has 8 heteroatoms. The number of sulfonamides is 1. The first-order valence-electron chi connectivity index (χ1n) is 9.43. The molecule has 0 amide bonds. The highest BCUT2D eigenvalue weighted by Gasteiger charge is 2.39. The van der Waals surface area contributed by atoms with Crippen LogP contribution >= 0.6 is 0 Å². The largest absolute Gasteiger partial charge is 0.423 e. The second-order valence-corrected chi connectivity index (χ2v) is 9.45. The van der Waals surface area contributed by atoms with E-state index in [0.717, 1.165) is 24.1 Å². The second-order valence-electron chi connectivity index (χ2n) is 7.31. The molecule has 6 nitrogen and oxygen atoms in total. The van der Waals surface area contributed by atoms with Crippen molar-refractivity contribution in [3.05, 3.63) is 53.8 Å². The van der Waals surface area contributed by atoms with Crippen molar-refractivity contribution in [1.29, 1.82) is 0 Å². The summed E-state index contributed by atoms with van der Waals surface area (Å²) in [7, 11) is -3.49. The highest BCUT2D eigenvalue weighted by molar-refractivity contribution is 7.93. The lowest BCUT2D eigenvalue weighted by molar-refractivity contribution is 0.494. The Hall–Kier alpha value is -2.61. The maximum absolute atomic E-state index is 13.4. The van der Waals surface area contributed by atoms with Crippen molar-refractivity contribution >= 4 is 32.8 Å². The van der Waals surface area contributed by atoms with Crippen LogP contribution in [0.1, 0.15) is 18.4 Å². The van der Waals surface area contributed by atoms with Crippen molar-refractivity contribution in [2.45, 2.75) is 24.5 Å². The molecule has 3 heterocycles. The molecule has 1 atom stereocenters. The molecule has 2 aliphatic heterocycles. The van der Waals surface area contributed by atoms with Gasteiger partial charge in [-0.25, -0.2) is 12.8 Å². The Balaban J connectivity index is 1.42. The number of para-hydroxylation sites is 1. The number of hydrogen-bond acceptors (Lipinski definition) is 5. The number of aromatic nitrogens is 1. The molecule has 28 heavy (non-hydrogen) atoms. The number of hydrogen-bond donors (Lipinski definition) is 0. The van der Waals surface area contributed by atoms with E-state index in [1.807, 2.05) is 29.2 Å². The van der Waals surface area contributed by atoms with E-state index in [1.165, 1.54) is 12.1 Å². The maximum Gasteiger partial charge on any atom is 0.298 e. The summed E-state index contributed by atoms with van der Waals surface area (Å²) in [6.45, 7) is 1.47. The molecule has 1 saturated heterocycles. The van der Waals surface area contributed by atoms with E-state index in [0.29, 0.717) is 43.2 Å². The molecule has 2 aromatic carbocycles. The first-order valence-corrected chi connectivity index (χ1v) is 10.9. The minimum absolute atomic E-state index is 0.316. The predicted molar refractivity (Wildman–Crippen MR) is 106 cm³/mol. The molecule has 3 aromatic rings. The molecule has 1 fully saturated rings. The van der Waals surface area contributed by atoms with E-state index >= 15 is 0 Å². The van der Waals surface area contributed by atoms with E-state index < -0.39 is 15.3 Å². The van der Waals surface area contributed by atoms with Gasteiger partial charge in [0.15, 0.2) is 5.58 Å². The van der Waals surface area contributed by atoms with Gasteiger partial charge in [-0.3, -0.25) is 4.31 Å². The van der Waals surface area contributed by atoms with Gasteiger partial charge in [-0.05, 0) is 43.0 Å². The lowest BCUT2D eigenvalue weighted by atomic mass is 10.1. The number of oxazole rings is 1. The molecule has 0 spiro atoms. The maximum atomic E-state index is 13.4. The zero-order chi connectivity index (χ0) is 19.3. The van der Waals surface area contributed by atoms with Gasteiger partial charge in [0, 0.05) is 25.7 Å². The topological polar surface area (TPSA) is 66.7 Å². The zero-order valence-corrected chi connectivity index (χ0v) is 16.0. The Morgan fingerprint density at radius 2 is 2.00 bits per heavy atom. The van der Waals surface area contributed by atoms with E-state index in [9.17, 15) is 12.8 Å². The van der Waals surface area contributed by atoms with Gasteiger partial charge < -0.3 is 9.32 Å². The van der Waals surface area contributed by atoms with Gasteiger partial charge in [0.2, 0.25) is 10.0 Å². The fourth-order valence-corrected chi connectivity index (χ4v) is 6.12. The van der Waals surface area contributed by atoms with Crippen LogP contribution < -0.4 is 9.21 Å². The number of halogens is 1. The van der Waals surface area contributed by atoms with Gasteiger partial charge in [-0.2, -0.15) is 4.98 Å². The summed E-state index contributed by atoms with van der Waals surface area (Å²) in [5.41, 5.74) is 2.79. The average Bonchev–Trinajstić information content (AvgIpc) is 3.32. The van der Waals surface area contributed by atoms with E-state index in [2.05, 4.69) is 4.98 Å². The Bertz CT molecular complexity index is 1140. The minimum Gasteiger partial charge on any atom is -0.423 e. The molecule has 0 bridgehead atoms.